The monoisotopic (exact) mass is 241 g/mol. The van der Waals surface area contributed by atoms with Crippen LogP contribution in [0.1, 0.15) is 69.4 Å². The van der Waals surface area contributed by atoms with E-state index in [0.717, 1.165) is 6.42 Å². The molecule has 0 heterocycles. The highest BCUT2D eigenvalue weighted by atomic mass is 14.1. The van der Waals surface area contributed by atoms with Gasteiger partial charge >= 0.3 is 0 Å². The molecule has 0 saturated carbocycles. The Balaban J connectivity index is 2.56. The molecule has 1 aromatic rings. The second-order valence-electron chi connectivity index (χ2n) is 5.04. The van der Waals surface area contributed by atoms with E-state index in [1.807, 2.05) is 0 Å². The van der Waals surface area contributed by atoms with Gasteiger partial charge in [-0.2, -0.15) is 0 Å². The summed E-state index contributed by atoms with van der Waals surface area (Å²) in [6.07, 6.45) is 15.9. The highest BCUT2D eigenvalue weighted by Crippen LogP contribution is 2.22. The lowest BCUT2D eigenvalue weighted by Gasteiger charge is -2.11. The molecule has 1 aromatic carbocycles. The van der Waals surface area contributed by atoms with Crippen LogP contribution in [-0.2, 0) is 6.42 Å². The molecule has 0 N–H and O–H groups in total. The van der Waals surface area contributed by atoms with Crippen LogP contribution in [0.3, 0.4) is 0 Å². The fraction of sp³-hybridized carbons (Fsp3) is 0.556. The molecule has 0 aromatic heterocycles. The summed E-state index contributed by atoms with van der Waals surface area (Å²) in [4.78, 5) is 0. The lowest BCUT2D eigenvalue weighted by Crippen LogP contribution is -1.96. The molecule has 0 nitrogen and oxygen atoms in total. The summed E-state index contributed by atoms with van der Waals surface area (Å²) < 4.78 is 0. The van der Waals surface area contributed by atoms with E-state index in [-0.39, 0.29) is 5.92 Å². The Morgan fingerprint density at radius 3 is 2.22 bits per heavy atom. The van der Waals surface area contributed by atoms with Crippen molar-refractivity contribution in [2.24, 2.45) is 0 Å². The maximum Gasteiger partial charge on any atom is 0.0462 e. The minimum absolute atomic E-state index is 0.191. The van der Waals surface area contributed by atoms with Crippen LogP contribution in [-0.4, -0.2) is 0 Å². The Hall–Kier alpha value is -1.22. The largest absolute Gasteiger partial charge is 0.0809 e. The lowest BCUT2D eigenvalue weighted by atomic mass is 9.93. The molecule has 0 aliphatic rings. The van der Waals surface area contributed by atoms with Crippen LogP contribution in [0, 0.1) is 12.3 Å². The number of unbranched alkanes of at least 4 members (excludes halogenated alkanes) is 3. The molecule has 0 aliphatic heterocycles. The fourth-order valence-corrected chi connectivity index (χ4v) is 2.22. The van der Waals surface area contributed by atoms with Crippen LogP contribution in [0.15, 0.2) is 24.3 Å². The topological polar surface area (TPSA) is 0 Å². The molecule has 1 atom stereocenters. The van der Waals surface area contributed by atoms with E-state index in [4.69, 9.17) is 6.42 Å². The van der Waals surface area contributed by atoms with Crippen molar-refractivity contribution in [3.05, 3.63) is 41.8 Å². The van der Waals surface area contributed by atoms with E-state index in [1.54, 1.807) is 0 Å². The van der Waals surface area contributed by atoms with Gasteiger partial charge in [0.25, 0.3) is 0 Å². The SMILES string of the molecule is [C]#CC(CCCCC)c1ccc(CCCC)cc1. The molecular weight excluding hydrogens is 216 g/mol. The van der Waals surface area contributed by atoms with E-state index in [0.29, 0.717) is 0 Å². The predicted octanol–water partition coefficient (Wildman–Crippen LogP) is 5.28. The Morgan fingerprint density at radius 1 is 1.00 bits per heavy atom. The van der Waals surface area contributed by atoms with E-state index in [2.05, 4.69) is 44.0 Å². The lowest BCUT2D eigenvalue weighted by molar-refractivity contribution is 0.637. The molecule has 0 saturated heterocycles. The van der Waals surface area contributed by atoms with Gasteiger partial charge in [0.1, 0.15) is 0 Å². The molecule has 97 valence electrons. The first kappa shape index (κ1) is 14.8. The van der Waals surface area contributed by atoms with Crippen molar-refractivity contribution >= 4 is 0 Å². The molecule has 0 spiro atoms. The van der Waals surface area contributed by atoms with Gasteiger partial charge in [0.05, 0.1) is 0 Å². The highest BCUT2D eigenvalue weighted by molar-refractivity contribution is 5.29. The molecule has 0 fully saturated rings. The number of hydrogen-bond donors (Lipinski definition) is 0. The van der Waals surface area contributed by atoms with Gasteiger partial charge in [-0.25, -0.2) is 0 Å². The van der Waals surface area contributed by atoms with Crippen LogP contribution < -0.4 is 0 Å². The summed E-state index contributed by atoms with van der Waals surface area (Å²) >= 11 is 0. The van der Waals surface area contributed by atoms with Crippen LogP contribution in [0.5, 0.6) is 0 Å². The highest BCUT2D eigenvalue weighted by Gasteiger charge is 2.07. The predicted molar refractivity (Wildman–Crippen MR) is 79.1 cm³/mol. The van der Waals surface area contributed by atoms with E-state index >= 15 is 0 Å². The summed E-state index contributed by atoms with van der Waals surface area (Å²) in [5.41, 5.74) is 2.67. The third-order valence-electron chi connectivity index (χ3n) is 3.47. The first-order valence-electron chi connectivity index (χ1n) is 7.32. The van der Waals surface area contributed by atoms with Crippen LogP contribution in [0.4, 0.5) is 0 Å². The Kier molecular flexibility index (Phi) is 7.26. The second-order valence-corrected chi connectivity index (χ2v) is 5.04. The summed E-state index contributed by atoms with van der Waals surface area (Å²) in [5, 5.41) is 0. The minimum atomic E-state index is 0.191. The summed E-state index contributed by atoms with van der Waals surface area (Å²) in [6.45, 7) is 4.44. The van der Waals surface area contributed by atoms with Gasteiger partial charge < -0.3 is 0 Å². The molecule has 0 aliphatic carbocycles. The van der Waals surface area contributed by atoms with Gasteiger partial charge in [-0.15, -0.1) is 0 Å². The third-order valence-corrected chi connectivity index (χ3v) is 3.47. The van der Waals surface area contributed by atoms with Gasteiger partial charge in [-0.05, 0) is 36.8 Å². The van der Waals surface area contributed by atoms with E-state index in [1.165, 1.54) is 49.7 Å². The minimum Gasteiger partial charge on any atom is -0.0809 e. The summed E-state index contributed by atoms with van der Waals surface area (Å²) in [5.74, 6) is 2.88. The zero-order valence-electron chi connectivity index (χ0n) is 11.8. The van der Waals surface area contributed by atoms with Crippen LogP contribution in [0.2, 0.25) is 0 Å². The van der Waals surface area contributed by atoms with Crippen molar-refractivity contribution < 1.29 is 0 Å². The van der Waals surface area contributed by atoms with E-state index < -0.39 is 0 Å². The van der Waals surface area contributed by atoms with Gasteiger partial charge in [0.2, 0.25) is 0 Å². The van der Waals surface area contributed by atoms with Crippen LogP contribution >= 0.6 is 0 Å². The first-order valence-corrected chi connectivity index (χ1v) is 7.32. The standard InChI is InChI=1S/C18H25/c1-4-7-9-11-17(6-3)18-14-12-16(13-15-18)10-8-5-2/h12-15,17H,4-5,7-11H2,1-2H3. The maximum absolute atomic E-state index is 7.45. The fourth-order valence-electron chi connectivity index (χ4n) is 2.22. The van der Waals surface area contributed by atoms with Crippen molar-refractivity contribution in [2.45, 2.75) is 64.7 Å². The number of rotatable bonds is 8. The summed E-state index contributed by atoms with van der Waals surface area (Å²) in [6, 6.07) is 8.80. The zero-order chi connectivity index (χ0) is 13.2. The Morgan fingerprint density at radius 2 is 1.67 bits per heavy atom. The van der Waals surface area contributed by atoms with Crippen molar-refractivity contribution in [1.29, 1.82) is 0 Å². The average Bonchev–Trinajstić information content (AvgIpc) is 2.42. The molecule has 1 rings (SSSR count). The van der Waals surface area contributed by atoms with Gasteiger partial charge in [0, 0.05) is 5.92 Å². The molecule has 0 heteroatoms. The molecule has 1 radical (unpaired) electrons. The smallest absolute Gasteiger partial charge is 0.0462 e. The van der Waals surface area contributed by atoms with Gasteiger partial charge in [-0.1, -0.05) is 69.7 Å². The zero-order valence-corrected chi connectivity index (χ0v) is 11.8. The third kappa shape index (κ3) is 4.96. The van der Waals surface area contributed by atoms with Gasteiger partial charge in [-0.3, -0.25) is 0 Å². The second kappa shape index (κ2) is 8.81. The molecule has 0 amide bonds. The quantitative estimate of drug-likeness (QED) is 0.429. The first-order chi connectivity index (χ1) is 8.81. The average molecular weight is 241 g/mol. The van der Waals surface area contributed by atoms with Crippen molar-refractivity contribution in [2.75, 3.05) is 0 Å². The Labute approximate surface area is 113 Å². The van der Waals surface area contributed by atoms with Crippen LogP contribution in [0.25, 0.3) is 0 Å². The normalized spacial score (nSPS) is 12.1. The molecule has 0 bridgehead atoms. The maximum atomic E-state index is 7.45. The van der Waals surface area contributed by atoms with Crippen molar-refractivity contribution in [1.82, 2.24) is 0 Å². The molecular formula is C18H25. The molecule has 1 unspecified atom stereocenters. The molecule has 18 heavy (non-hydrogen) atoms. The number of hydrogen-bond acceptors (Lipinski definition) is 0. The number of aryl methyl sites for hydroxylation is 1. The number of benzene rings is 1. The Bertz CT molecular complexity index is 353. The van der Waals surface area contributed by atoms with Crippen molar-refractivity contribution in [3.63, 3.8) is 0 Å². The van der Waals surface area contributed by atoms with Gasteiger partial charge in [0.15, 0.2) is 0 Å². The van der Waals surface area contributed by atoms with Crippen molar-refractivity contribution in [3.8, 4) is 5.92 Å². The van der Waals surface area contributed by atoms with E-state index in [9.17, 15) is 0 Å². The summed E-state index contributed by atoms with van der Waals surface area (Å²) in [7, 11) is 0.